The number of aromatic nitrogens is 6. The third kappa shape index (κ3) is 9.93. The van der Waals surface area contributed by atoms with Crippen LogP contribution in [0.15, 0.2) is 297 Å². The summed E-state index contributed by atoms with van der Waals surface area (Å²) in [5.74, 6) is -1.91. The second kappa shape index (κ2) is 22.6. The molecular weight excluding hydrogens is 1150 g/mol. The monoisotopic (exact) mass is 1200 g/mol. The summed E-state index contributed by atoms with van der Waals surface area (Å²) in [5.41, 5.74) is 12.0. The van der Waals surface area contributed by atoms with Crippen molar-refractivity contribution in [1.82, 2.24) is 29.1 Å². The van der Waals surface area contributed by atoms with Gasteiger partial charge in [0, 0.05) is 71.6 Å². The lowest BCUT2D eigenvalue weighted by atomic mass is 9.97. The molecule has 0 aliphatic carbocycles. The number of benzene rings is 10. The number of halogens is 5. The van der Waals surface area contributed by atoms with Crippen molar-refractivity contribution in [3.05, 3.63) is 314 Å². The zero-order valence-electron chi connectivity index (χ0n) is 48.9. The molecule has 0 unspecified atom stereocenters. The van der Waals surface area contributed by atoms with Crippen LogP contribution in [0.1, 0.15) is 5.56 Å². The molecule has 6 heterocycles. The molecule has 0 aliphatic rings. The van der Waals surface area contributed by atoms with E-state index in [1.807, 2.05) is 255 Å². The highest BCUT2D eigenvalue weighted by atomic mass is 19.4. The quantitative estimate of drug-likeness (QED) is 0.121. The van der Waals surface area contributed by atoms with Crippen LogP contribution in [0.3, 0.4) is 0 Å². The molecule has 0 bridgehead atoms. The number of rotatable bonds is 11. The Morgan fingerprint density at radius 3 is 0.815 bits per heavy atom. The van der Waals surface area contributed by atoms with Crippen molar-refractivity contribution >= 4 is 43.6 Å². The molecule has 0 saturated carbocycles. The van der Waals surface area contributed by atoms with E-state index in [4.69, 9.17) is 19.9 Å². The van der Waals surface area contributed by atoms with E-state index in [-0.39, 0.29) is 16.9 Å². The lowest BCUT2D eigenvalue weighted by Gasteiger charge is -2.22. The average molecular weight is 1200 g/mol. The maximum atomic E-state index is 17.1. The van der Waals surface area contributed by atoms with Crippen LogP contribution in [0.25, 0.3) is 156 Å². The Labute approximate surface area is 525 Å². The van der Waals surface area contributed by atoms with Crippen LogP contribution in [0, 0.1) is 11.6 Å². The van der Waals surface area contributed by atoms with Crippen molar-refractivity contribution in [2.75, 3.05) is 0 Å². The highest BCUT2D eigenvalue weighted by molar-refractivity contribution is 6.14. The minimum Gasteiger partial charge on any atom is -0.309 e. The lowest BCUT2D eigenvalue weighted by Crippen LogP contribution is -2.13. The normalized spacial score (nSPS) is 11.8. The van der Waals surface area contributed by atoms with Gasteiger partial charge in [-0.1, -0.05) is 176 Å². The van der Waals surface area contributed by atoms with Gasteiger partial charge in [0.2, 0.25) is 0 Å². The Morgan fingerprint density at radius 2 is 0.522 bits per heavy atom. The fraction of sp³-hybridized carbons (Fsp3) is 0.0123. The first kappa shape index (κ1) is 55.4. The molecule has 11 heteroatoms. The SMILES string of the molecule is Fc1cccc(F)c1-c1cc(-n2c3ccc(-c4cccc(-c5ccccc5)n4)cc3c3cc(-c4cccc(-c5ccccc5)n4)ccc32)c(C(F)(F)F)cc1-n1c2ccc(-c3cccc(-c4ccccc4)n3)cc2c2cc(-c3cccc(-c4ccccc4)n3)ccc21. The highest BCUT2D eigenvalue weighted by Crippen LogP contribution is 2.48. The second-order valence-corrected chi connectivity index (χ2v) is 22.7. The van der Waals surface area contributed by atoms with Crippen molar-refractivity contribution < 1.29 is 22.0 Å². The molecule has 0 atom stereocenters. The van der Waals surface area contributed by atoms with Gasteiger partial charge in [-0.05, 0) is 121 Å². The summed E-state index contributed by atoms with van der Waals surface area (Å²) in [6, 6.07) is 90.9. The van der Waals surface area contributed by atoms with Crippen molar-refractivity contribution in [2.24, 2.45) is 0 Å². The number of hydrogen-bond donors (Lipinski definition) is 0. The number of fused-ring (bicyclic) bond motifs is 6. The van der Waals surface area contributed by atoms with Gasteiger partial charge in [0.15, 0.2) is 0 Å². The maximum Gasteiger partial charge on any atom is 0.418 e. The van der Waals surface area contributed by atoms with Gasteiger partial charge in [-0.2, -0.15) is 13.2 Å². The zero-order chi connectivity index (χ0) is 62.0. The van der Waals surface area contributed by atoms with Crippen LogP contribution in [0.2, 0.25) is 0 Å². The van der Waals surface area contributed by atoms with Gasteiger partial charge in [-0.3, -0.25) is 0 Å². The van der Waals surface area contributed by atoms with Crippen LogP contribution in [-0.4, -0.2) is 29.1 Å². The predicted octanol–water partition coefficient (Wildman–Crippen LogP) is 21.8. The molecule has 16 aromatic rings. The molecule has 0 radical (unpaired) electrons. The largest absolute Gasteiger partial charge is 0.418 e. The van der Waals surface area contributed by atoms with Crippen LogP contribution in [0.5, 0.6) is 0 Å². The van der Waals surface area contributed by atoms with Crippen molar-refractivity contribution in [1.29, 1.82) is 0 Å². The third-order valence-electron chi connectivity index (χ3n) is 17.1. The Balaban J connectivity index is 0.951. The van der Waals surface area contributed by atoms with Gasteiger partial charge in [0.1, 0.15) is 11.6 Å². The van der Waals surface area contributed by atoms with Crippen molar-refractivity contribution in [2.45, 2.75) is 6.18 Å². The average Bonchev–Trinajstić information content (AvgIpc) is 1.52. The zero-order valence-corrected chi connectivity index (χ0v) is 48.9. The van der Waals surface area contributed by atoms with E-state index in [1.54, 1.807) is 21.3 Å². The second-order valence-electron chi connectivity index (χ2n) is 22.7. The first-order chi connectivity index (χ1) is 45.1. The summed E-state index contributed by atoms with van der Waals surface area (Å²) in [6.07, 6.45) is -5.03. The molecule has 0 spiro atoms. The molecule has 0 fully saturated rings. The van der Waals surface area contributed by atoms with E-state index in [9.17, 15) is 0 Å². The molecular formula is C81H49F5N6. The molecule has 0 saturated heterocycles. The number of nitrogens with zero attached hydrogens (tertiary/aromatic N) is 6. The topological polar surface area (TPSA) is 61.4 Å². The lowest BCUT2D eigenvalue weighted by molar-refractivity contribution is -0.137. The van der Waals surface area contributed by atoms with E-state index in [1.165, 1.54) is 12.1 Å². The van der Waals surface area contributed by atoms with Crippen molar-refractivity contribution in [3.8, 4) is 113 Å². The standard InChI is InChI=1S/C81H49F5N6/c82-64-26-13-27-65(83)80(64)62-48-79(92-76-42-38-56(72-34-16-30-68(89-72)52-22-9-3-10-23-52)46-60(76)61-47-57(39-43-77(61)92)73-35-17-31-69(90-73)53-24-11-4-12-25-53)63(81(84,85)86)49-78(62)91-74-40-36-54(70-32-14-28-66(87-70)50-18-5-1-6-19-50)44-58(74)59-45-55(37-41-75(59)91)71-33-15-29-67(88-71)51-20-7-2-8-21-51/h1-49H. The maximum absolute atomic E-state index is 17.1. The molecule has 438 valence electrons. The van der Waals surface area contributed by atoms with E-state index in [2.05, 4.69) is 0 Å². The third-order valence-corrected chi connectivity index (χ3v) is 17.1. The summed E-state index contributed by atoms with van der Waals surface area (Å²) in [7, 11) is 0. The predicted molar refractivity (Wildman–Crippen MR) is 360 cm³/mol. The Morgan fingerprint density at radius 1 is 0.250 bits per heavy atom. The minimum absolute atomic E-state index is 0.0990. The molecule has 6 aromatic heterocycles. The van der Waals surface area contributed by atoms with Crippen LogP contribution in [-0.2, 0) is 6.18 Å². The van der Waals surface area contributed by atoms with Crippen molar-refractivity contribution in [3.63, 3.8) is 0 Å². The smallest absolute Gasteiger partial charge is 0.309 e. The fourth-order valence-corrected chi connectivity index (χ4v) is 12.8. The highest BCUT2D eigenvalue weighted by Gasteiger charge is 2.38. The van der Waals surface area contributed by atoms with Crippen LogP contribution < -0.4 is 0 Å². The van der Waals surface area contributed by atoms with Gasteiger partial charge in [0.25, 0.3) is 0 Å². The van der Waals surface area contributed by atoms with E-state index < -0.39 is 28.9 Å². The summed E-state index contributed by atoms with van der Waals surface area (Å²) >= 11 is 0. The summed E-state index contributed by atoms with van der Waals surface area (Å²) in [6.45, 7) is 0. The Kier molecular flexibility index (Phi) is 13.6. The molecule has 0 aliphatic heterocycles. The molecule has 16 rings (SSSR count). The first-order valence-electron chi connectivity index (χ1n) is 30.0. The molecule has 10 aromatic carbocycles. The minimum atomic E-state index is -5.03. The van der Waals surface area contributed by atoms with E-state index in [0.717, 1.165) is 85.5 Å². The molecule has 6 nitrogen and oxygen atoms in total. The fourth-order valence-electron chi connectivity index (χ4n) is 12.8. The van der Waals surface area contributed by atoms with Gasteiger partial charge in [-0.25, -0.2) is 28.7 Å². The van der Waals surface area contributed by atoms with E-state index >= 15 is 22.0 Å². The molecule has 92 heavy (non-hydrogen) atoms. The first-order valence-corrected chi connectivity index (χ1v) is 30.0. The van der Waals surface area contributed by atoms with E-state index in [0.29, 0.717) is 66.4 Å². The Bertz CT molecular complexity index is 5230. The van der Waals surface area contributed by atoms with Gasteiger partial charge < -0.3 is 9.13 Å². The summed E-state index contributed by atoms with van der Waals surface area (Å²) in [4.78, 5) is 20.3. The summed E-state index contributed by atoms with van der Waals surface area (Å²) < 4.78 is 88.1. The van der Waals surface area contributed by atoms with Crippen LogP contribution >= 0.6 is 0 Å². The molecule has 0 amide bonds. The number of pyridine rings is 4. The number of alkyl halides is 3. The Hall–Kier alpha value is -12.0. The number of hydrogen-bond acceptors (Lipinski definition) is 4. The van der Waals surface area contributed by atoms with Gasteiger partial charge in [-0.15, -0.1) is 0 Å². The summed E-state index contributed by atoms with van der Waals surface area (Å²) in [5, 5.41) is 2.54. The molecule has 0 N–H and O–H groups in total. The van der Waals surface area contributed by atoms with Crippen LogP contribution in [0.4, 0.5) is 22.0 Å². The van der Waals surface area contributed by atoms with Gasteiger partial charge in [0.05, 0.1) is 90.1 Å². The van der Waals surface area contributed by atoms with Gasteiger partial charge >= 0.3 is 6.18 Å².